The molecule has 0 saturated carbocycles. The zero-order valence-corrected chi connectivity index (χ0v) is 23.6. The number of amides is 2. The van der Waals surface area contributed by atoms with Crippen molar-refractivity contribution in [1.82, 2.24) is 5.06 Å². The molecule has 18 heteroatoms. The molecule has 6 N–H and O–H groups in total. The Balaban J connectivity index is 1.84. The van der Waals surface area contributed by atoms with E-state index in [0.717, 1.165) is 24.3 Å². The Bertz CT molecular complexity index is 2190. The summed E-state index contributed by atoms with van der Waals surface area (Å²) in [6.07, 6.45) is -0.887. The molecular formula is C26H19N3O13S2. The fourth-order valence-corrected chi connectivity index (χ4v) is 6.33. The molecule has 5 rings (SSSR count). The maximum absolute atomic E-state index is 12.6. The average Bonchev–Trinajstić information content (AvgIpc) is 3.21. The lowest BCUT2D eigenvalue weighted by atomic mass is 9.89. The van der Waals surface area contributed by atoms with E-state index in [1.54, 1.807) is 0 Å². The summed E-state index contributed by atoms with van der Waals surface area (Å²) in [6, 6.07) is 7.87. The van der Waals surface area contributed by atoms with Crippen LogP contribution in [0.25, 0.3) is 33.4 Å². The Morgan fingerprint density at radius 1 is 0.932 bits per heavy atom. The number of imide groups is 1. The summed E-state index contributed by atoms with van der Waals surface area (Å²) in [5.74, 6) is -4.80. The number of carbonyl (C=O) groups excluding carboxylic acids is 3. The number of nitrogens with two attached hydrogens (primary N) is 1. The summed E-state index contributed by atoms with van der Waals surface area (Å²) < 4.78 is 74.8. The average molecular weight is 646 g/mol. The Labute approximate surface area is 246 Å². The fraction of sp³-hybridized carbons (Fsp3) is 0.115. The number of hydroxylamine groups is 2. The summed E-state index contributed by atoms with van der Waals surface area (Å²) >= 11 is 0. The summed E-state index contributed by atoms with van der Waals surface area (Å²) in [5, 5.41) is 17.4. The molecule has 2 heterocycles. The first kappa shape index (κ1) is 30.3. The molecule has 0 spiro atoms. The number of rotatable bonds is 7. The van der Waals surface area contributed by atoms with Crippen LogP contribution < -0.4 is 11.1 Å². The van der Waals surface area contributed by atoms with Gasteiger partial charge in [0.15, 0.2) is 21.1 Å². The van der Waals surface area contributed by atoms with Crippen molar-refractivity contribution < 1.29 is 59.5 Å². The summed E-state index contributed by atoms with van der Waals surface area (Å²) in [6.45, 7) is 0. The van der Waals surface area contributed by atoms with Crippen molar-refractivity contribution in [3.05, 3.63) is 58.9 Å². The minimum atomic E-state index is -5.22. The molecule has 0 aromatic heterocycles. The Kier molecular flexibility index (Phi) is 7.25. The van der Waals surface area contributed by atoms with Crippen molar-refractivity contribution in [1.29, 1.82) is 5.41 Å². The first-order valence-electron chi connectivity index (χ1n) is 12.2. The molecule has 3 aliphatic rings. The van der Waals surface area contributed by atoms with Crippen LogP contribution in [0.4, 0.5) is 5.69 Å². The number of hydrogen-bond donors (Lipinski definition) is 5. The highest BCUT2D eigenvalue weighted by molar-refractivity contribution is 7.86. The van der Waals surface area contributed by atoms with E-state index >= 15 is 0 Å². The molecule has 1 aliphatic carbocycles. The van der Waals surface area contributed by atoms with Crippen molar-refractivity contribution >= 4 is 60.6 Å². The van der Waals surface area contributed by atoms with Crippen LogP contribution in [0.3, 0.4) is 0 Å². The lowest BCUT2D eigenvalue weighted by Crippen LogP contribution is -2.32. The molecule has 0 atom stereocenters. The Hall–Kier alpha value is -5.17. The number of nitrogen functional groups attached to an aromatic ring is 1. The molecule has 1 saturated heterocycles. The van der Waals surface area contributed by atoms with Gasteiger partial charge in [-0.05, 0) is 47.5 Å². The van der Waals surface area contributed by atoms with Crippen molar-refractivity contribution in [2.75, 3.05) is 5.73 Å². The standard InChI is InChI=1S/C26H19N3O13S2/c27-16-5-3-13-21(14-4-6-17(28)25(44(38,39)40)23(14)41-22(13)24(16)43(35,36)37)15-9-11(1-2-12(15)26(33)34)10-20(32)42-29-18(30)7-8-19(29)31/h1-6,9,27H,7-8,10,28H2,(H,33,34)(H,35,36,37)(H,38,39,40). The number of carboxylic acid groups (broad SMARTS) is 1. The van der Waals surface area contributed by atoms with Crippen molar-refractivity contribution in [2.24, 2.45) is 0 Å². The van der Waals surface area contributed by atoms with Gasteiger partial charge in [-0.25, -0.2) is 9.59 Å². The molecule has 0 radical (unpaired) electrons. The van der Waals surface area contributed by atoms with Gasteiger partial charge in [0, 0.05) is 29.4 Å². The molecule has 2 aliphatic heterocycles. The highest BCUT2D eigenvalue weighted by Gasteiger charge is 2.34. The molecule has 2 aromatic rings. The Morgan fingerprint density at radius 3 is 2.16 bits per heavy atom. The molecule has 2 amide bonds. The van der Waals surface area contributed by atoms with E-state index in [4.69, 9.17) is 20.4 Å². The van der Waals surface area contributed by atoms with Crippen LogP contribution in [-0.2, 0) is 45.9 Å². The zero-order valence-electron chi connectivity index (χ0n) is 21.9. The second-order valence-electron chi connectivity index (χ2n) is 9.51. The van der Waals surface area contributed by atoms with Gasteiger partial charge in [-0.2, -0.15) is 16.8 Å². The molecule has 0 unspecified atom stereocenters. The molecule has 0 bridgehead atoms. The molecule has 16 nitrogen and oxygen atoms in total. The Morgan fingerprint density at radius 2 is 1.57 bits per heavy atom. The third kappa shape index (κ3) is 5.26. The topological polar surface area (TPSA) is 273 Å². The number of nitrogens with one attached hydrogen (secondary N) is 1. The van der Waals surface area contributed by atoms with E-state index in [2.05, 4.69) is 0 Å². The highest BCUT2D eigenvalue weighted by Crippen LogP contribution is 2.45. The summed E-state index contributed by atoms with van der Waals surface area (Å²) in [4.78, 5) is 51.4. The minimum Gasteiger partial charge on any atom is -0.478 e. The lowest BCUT2D eigenvalue weighted by molar-refractivity contribution is -0.197. The largest absolute Gasteiger partial charge is 0.478 e. The number of aromatic carboxylic acids is 1. The molecule has 2 aromatic carbocycles. The second-order valence-corrected chi connectivity index (χ2v) is 12.2. The van der Waals surface area contributed by atoms with E-state index in [-0.39, 0.29) is 40.5 Å². The molecule has 1 fully saturated rings. The first-order chi connectivity index (χ1) is 20.5. The molecule has 44 heavy (non-hydrogen) atoms. The van der Waals surface area contributed by atoms with Crippen molar-refractivity contribution in [3.8, 4) is 22.5 Å². The predicted molar refractivity (Wildman–Crippen MR) is 146 cm³/mol. The van der Waals surface area contributed by atoms with Gasteiger partial charge >= 0.3 is 11.9 Å². The monoisotopic (exact) mass is 645 g/mol. The van der Waals surface area contributed by atoms with Crippen LogP contribution in [0.1, 0.15) is 28.8 Å². The lowest BCUT2D eigenvalue weighted by Gasteiger charge is -2.20. The van der Waals surface area contributed by atoms with Crippen LogP contribution >= 0.6 is 0 Å². The van der Waals surface area contributed by atoms with Gasteiger partial charge in [-0.3, -0.25) is 24.1 Å². The van der Waals surface area contributed by atoms with Gasteiger partial charge in [0.25, 0.3) is 32.1 Å². The van der Waals surface area contributed by atoms with Crippen LogP contribution in [-0.4, -0.2) is 59.9 Å². The number of carboxylic acids is 1. The van der Waals surface area contributed by atoms with Gasteiger partial charge in [0.05, 0.1) is 23.0 Å². The number of fused-ring (bicyclic) bond motifs is 2. The zero-order chi connectivity index (χ0) is 32.3. The normalized spacial score (nSPS) is 14.0. The summed E-state index contributed by atoms with van der Waals surface area (Å²) in [7, 11) is -10.4. The van der Waals surface area contributed by atoms with Crippen LogP contribution in [0.5, 0.6) is 0 Å². The van der Waals surface area contributed by atoms with Gasteiger partial charge in [-0.1, -0.05) is 6.07 Å². The third-order valence-corrected chi connectivity index (χ3v) is 8.50. The van der Waals surface area contributed by atoms with Gasteiger partial charge in [0.2, 0.25) is 0 Å². The smallest absolute Gasteiger partial charge is 0.337 e. The fourth-order valence-electron chi connectivity index (χ4n) is 4.85. The quantitative estimate of drug-likeness (QED) is 0.0827. The maximum Gasteiger partial charge on any atom is 0.337 e. The maximum atomic E-state index is 12.6. The third-order valence-electron chi connectivity index (χ3n) is 6.64. The second kappa shape index (κ2) is 10.5. The van der Waals surface area contributed by atoms with Crippen molar-refractivity contribution in [2.45, 2.75) is 29.1 Å². The minimum absolute atomic E-state index is 0.0775. The van der Waals surface area contributed by atoms with E-state index < -0.39 is 88.2 Å². The SMILES string of the molecule is N=c1ccc2c(-c3cc(CC(=O)ON4C(=O)CCC4=O)ccc3C(=O)O)c3ccc(N)c(S(=O)(=O)O)c3oc-2c1S(=O)(=O)O. The first-order valence-corrected chi connectivity index (χ1v) is 15.1. The number of nitrogens with zero attached hydrogens (tertiary/aromatic N) is 1. The van der Waals surface area contributed by atoms with Crippen LogP contribution in [0, 0.1) is 5.41 Å². The number of hydrogen-bond acceptors (Lipinski definition) is 12. The van der Waals surface area contributed by atoms with E-state index in [1.807, 2.05) is 0 Å². The van der Waals surface area contributed by atoms with Gasteiger partial charge < -0.3 is 20.1 Å². The van der Waals surface area contributed by atoms with Crippen LogP contribution in [0.2, 0.25) is 0 Å². The highest BCUT2D eigenvalue weighted by atomic mass is 32.2. The number of anilines is 1. The van der Waals surface area contributed by atoms with E-state index in [0.29, 0.717) is 5.06 Å². The van der Waals surface area contributed by atoms with Gasteiger partial charge in [-0.15, -0.1) is 5.06 Å². The number of benzene rings is 3. The van der Waals surface area contributed by atoms with E-state index in [9.17, 15) is 50.2 Å². The molecule has 228 valence electrons. The summed E-state index contributed by atoms with van der Waals surface area (Å²) in [5.41, 5.74) is 3.52. The predicted octanol–water partition coefficient (Wildman–Crippen LogP) is 1.61. The number of carbonyl (C=O) groups is 4. The van der Waals surface area contributed by atoms with Crippen LogP contribution in [0.15, 0.2) is 56.7 Å². The van der Waals surface area contributed by atoms with Crippen molar-refractivity contribution in [3.63, 3.8) is 0 Å². The molecular weight excluding hydrogens is 626 g/mol. The van der Waals surface area contributed by atoms with Gasteiger partial charge in [0.1, 0.15) is 0 Å². The van der Waals surface area contributed by atoms with E-state index in [1.165, 1.54) is 18.2 Å².